The van der Waals surface area contributed by atoms with Gasteiger partial charge in [-0.05, 0) is 37.2 Å². The minimum atomic E-state index is -0.0654. The summed E-state index contributed by atoms with van der Waals surface area (Å²) in [6.07, 6.45) is 1.86. The molecule has 1 heterocycles. The predicted octanol–water partition coefficient (Wildman–Crippen LogP) is 4.26. The van der Waals surface area contributed by atoms with E-state index >= 15 is 0 Å². The highest BCUT2D eigenvalue weighted by Gasteiger charge is 2.30. The van der Waals surface area contributed by atoms with Crippen molar-refractivity contribution in [1.29, 1.82) is 5.26 Å². The molecular weight excluding hydrogens is 423 g/mol. The van der Waals surface area contributed by atoms with Crippen molar-refractivity contribution in [3.63, 3.8) is 0 Å². The standard InChI is InChI=1S/C21H22Cl2N6O/c1-4-25-19-11-29(28-20(19)14-6-8-16(22)17(23)9-14)21(26-12-24)27-18-10-15(30-3)7-5-13(18)2/h5-10,19,25H,4,11H2,1-3H3,(H,26,27). The van der Waals surface area contributed by atoms with Gasteiger partial charge in [0.05, 0.1) is 35.5 Å². The SMILES string of the molecule is CCNC1CN(/C(=N\C#N)Nc2cc(OC)ccc2C)N=C1c1ccc(Cl)c(Cl)c1. The third-order valence-electron chi connectivity index (χ3n) is 4.67. The normalized spacial score (nSPS) is 16.3. The van der Waals surface area contributed by atoms with E-state index in [1.807, 2.05) is 44.3 Å². The zero-order valence-electron chi connectivity index (χ0n) is 16.9. The maximum Gasteiger partial charge on any atom is 0.235 e. The summed E-state index contributed by atoms with van der Waals surface area (Å²) in [7, 11) is 1.61. The number of hydrogen-bond acceptors (Lipinski definition) is 5. The highest BCUT2D eigenvalue weighted by molar-refractivity contribution is 6.42. The smallest absolute Gasteiger partial charge is 0.235 e. The number of likely N-dealkylation sites (N-methyl/N-ethyl adjacent to an activating group) is 1. The summed E-state index contributed by atoms with van der Waals surface area (Å²) in [5.41, 5.74) is 3.41. The number of nitriles is 1. The molecule has 1 atom stereocenters. The number of halogens is 2. The van der Waals surface area contributed by atoms with Crippen LogP contribution in [0.15, 0.2) is 46.5 Å². The molecule has 0 bridgehead atoms. The van der Waals surface area contributed by atoms with Crippen LogP contribution in [0.2, 0.25) is 10.0 Å². The fourth-order valence-electron chi connectivity index (χ4n) is 3.14. The third-order valence-corrected chi connectivity index (χ3v) is 5.41. The molecule has 0 saturated carbocycles. The molecule has 2 aromatic rings. The lowest BCUT2D eigenvalue weighted by atomic mass is 10.0. The van der Waals surface area contributed by atoms with E-state index in [1.165, 1.54) is 0 Å². The second-order valence-corrected chi connectivity index (χ2v) is 7.46. The van der Waals surface area contributed by atoms with Gasteiger partial charge < -0.3 is 15.4 Å². The number of nitrogens with zero attached hydrogens (tertiary/aromatic N) is 4. The lowest BCUT2D eigenvalue weighted by Crippen LogP contribution is -2.41. The summed E-state index contributed by atoms with van der Waals surface area (Å²) in [5.74, 6) is 1.03. The van der Waals surface area contributed by atoms with Gasteiger partial charge in [-0.15, -0.1) is 4.99 Å². The molecule has 0 amide bonds. The van der Waals surface area contributed by atoms with E-state index in [9.17, 15) is 5.26 Å². The Bertz CT molecular complexity index is 1030. The first-order valence-electron chi connectivity index (χ1n) is 9.40. The monoisotopic (exact) mass is 444 g/mol. The number of aliphatic imine (C=N–C) groups is 1. The van der Waals surface area contributed by atoms with E-state index in [0.29, 0.717) is 28.3 Å². The van der Waals surface area contributed by atoms with E-state index in [-0.39, 0.29) is 6.04 Å². The van der Waals surface area contributed by atoms with E-state index < -0.39 is 0 Å². The first-order chi connectivity index (χ1) is 14.5. The number of hydrogen-bond donors (Lipinski definition) is 2. The largest absolute Gasteiger partial charge is 0.497 e. The average Bonchev–Trinajstić information content (AvgIpc) is 3.15. The molecule has 1 unspecified atom stereocenters. The summed E-state index contributed by atoms with van der Waals surface area (Å²) in [6, 6.07) is 11.0. The summed E-state index contributed by atoms with van der Waals surface area (Å²) in [4.78, 5) is 3.97. The van der Waals surface area contributed by atoms with Crippen LogP contribution in [0.4, 0.5) is 5.69 Å². The van der Waals surface area contributed by atoms with Gasteiger partial charge in [-0.25, -0.2) is 5.01 Å². The minimum absolute atomic E-state index is 0.0654. The van der Waals surface area contributed by atoms with Crippen LogP contribution in [-0.4, -0.2) is 42.9 Å². The van der Waals surface area contributed by atoms with Crippen molar-refractivity contribution in [2.45, 2.75) is 19.9 Å². The van der Waals surface area contributed by atoms with Crippen LogP contribution in [0.3, 0.4) is 0 Å². The van der Waals surface area contributed by atoms with Gasteiger partial charge in [0.1, 0.15) is 5.75 Å². The molecule has 9 heteroatoms. The van der Waals surface area contributed by atoms with Crippen LogP contribution in [0.25, 0.3) is 0 Å². The summed E-state index contributed by atoms with van der Waals surface area (Å²) in [5, 5.41) is 23.2. The van der Waals surface area contributed by atoms with Crippen LogP contribution in [-0.2, 0) is 0 Å². The predicted molar refractivity (Wildman–Crippen MR) is 122 cm³/mol. The van der Waals surface area contributed by atoms with Gasteiger partial charge >= 0.3 is 0 Å². The van der Waals surface area contributed by atoms with Crippen molar-refractivity contribution in [2.24, 2.45) is 10.1 Å². The lowest BCUT2D eigenvalue weighted by Gasteiger charge is -2.20. The molecule has 1 aliphatic rings. The molecule has 2 N–H and O–H groups in total. The molecular formula is C21H22Cl2N6O. The number of anilines is 1. The van der Waals surface area contributed by atoms with Crippen molar-refractivity contribution in [3.05, 3.63) is 57.6 Å². The number of ether oxygens (including phenoxy) is 1. The van der Waals surface area contributed by atoms with Gasteiger partial charge in [0.25, 0.3) is 0 Å². The molecule has 156 valence electrons. The second-order valence-electron chi connectivity index (χ2n) is 6.65. The van der Waals surface area contributed by atoms with Crippen LogP contribution < -0.4 is 15.4 Å². The zero-order valence-corrected chi connectivity index (χ0v) is 18.4. The molecule has 0 fully saturated rings. The van der Waals surface area contributed by atoms with Crippen LogP contribution in [0.1, 0.15) is 18.1 Å². The van der Waals surface area contributed by atoms with Gasteiger partial charge in [-0.3, -0.25) is 0 Å². The fourth-order valence-corrected chi connectivity index (χ4v) is 3.43. The molecule has 1 aliphatic heterocycles. The highest BCUT2D eigenvalue weighted by atomic mass is 35.5. The van der Waals surface area contributed by atoms with E-state index in [0.717, 1.165) is 29.1 Å². The molecule has 0 spiro atoms. The minimum Gasteiger partial charge on any atom is -0.497 e. The quantitative estimate of drug-likeness (QED) is 0.408. The second kappa shape index (κ2) is 9.81. The number of rotatable bonds is 5. The van der Waals surface area contributed by atoms with Crippen molar-refractivity contribution in [1.82, 2.24) is 10.3 Å². The zero-order chi connectivity index (χ0) is 21.7. The Morgan fingerprint density at radius 1 is 1.30 bits per heavy atom. The Kier molecular flexibility index (Phi) is 7.16. The number of aryl methyl sites for hydroxylation is 1. The third kappa shape index (κ3) is 4.85. The highest BCUT2D eigenvalue weighted by Crippen LogP contribution is 2.26. The fraction of sp³-hybridized carbons (Fsp3) is 0.286. The first-order valence-corrected chi connectivity index (χ1v) is 10.2. The van der Waals surface area contributed by atoms with E-state index in [4.69, 9.17) is 33.0 Å². The Labute approximate surface area is 186 Å². The molecule has 0 radical (unpaired) electrons. The molecule has 7 nitrogen and oxygen atoms in total. The Morgan fingerprint density at radius 3 is 2.77 bits per heavy atom. The van der Waals surface area contributed by atoms with Gasteiger partial charge in [-0.1, -0.05) is 42.3 Å². The molecule has 2 aromatic carbocycles. The Morgan fingerprint density at radius 2 is 2.10 bits per heavy atom. The van der Waals surface area contributed by atoms with Gasteiger partial charge in [-0.2, -0.15) is 10.4 Å². The van der Waals surface area contributed by atoms with Crippen molar-refractivity contribution in [2.75, 3.05) is 25.5 Å². The van der Waals surface area contributed by atoms with Crippen molar-refractivity contribution < 1.29 is 4.74 Å². The topological polar surface area (TPSA) is 85.0 Å². The number of nitrogens with one attached hydrogen (secondary N) is 2. The summed E-state index contributed by atoms with van der Waals surface area (Å²) < 4.78 is 5.30. The molecule has 30 heavy (non-hydrogen) atoms. The number of hydrazone groups is 1. The Balaban J connectivity index is 1.95. The van der Waals surface area contributed by atoms with Crippen molar-refractivity contribution >= 4 is 40.6 Å². The number of methoxy groups -OCH3 is 1. The van der Waals surface area contributed by atoms with Crippen LogP contribution in [0, 0.1) is 18.4 Å². The van der Waals surface area contributed by atoms with E-state index in [1.54, 1.807) is 24.3 Å². The van der Waals surface area contributed by atoms with Gasteiger partial charge in [0.15, 0.2) is 0 Å². The maximum atomic E-state index is 9.24. The molecule has 0 saturated heterocycles. The van der Waals surface area contributed by atoms with Crippen molar-refractivity contribution in [3.8, 4) is 11.9 Å². The van der Waals surface area contributed by atoms with Gasteiger partial charge in [0.2, 0.25) is 12.2 Å². The molecule has 3 rings (SSSR count). The molecule has 0 aromatic heterocycles. The molecule has 0 aliphatic carbocycles. The van der Waals surface area contributed by atoms with Crippen LogP contribution in [0.5, 0.6) is 5.75 Å². The summed E-state index contributed by atoms with van der Waals surface area (Å²) >= 11 is 12.3. The summed E-state index contributed by atoms with van der Waals surface area (Å²) in [6.45, 7) is 5.24. The number of benzene rings is 2. The lowest BCUT2D eigenvalue weighted by molar-refractivity contribution is 0.415. The van der Waals surface area contributed by atoms with E-state index in [2.05, 4.69) is 15.6 Å². The van der Waals surface area contributed by atoms with Crippen LogP contribution >= 0.6 is 23.2 Å². The Hall–Kier alpha value is -2.79. The maximum absolute atomic E-state index is 9.24. The first kappa shape index (κ1) is 21.9. The number of guanidine groups is 1. The average molecular weight is 445 g/mol. The van der Waals surface area contributed by atoms with Gasteiger partial charge in [0, 0.05) is 17.3 Å².